The standard InChI is InChI=1S/C25H39F2N3O7/c1-5-36-21(34)25-13-15(25)12-24(26,27)10-8-6-7-9-17(28-22(35)37-23(2,3)4)20(33)30-14-16(31)11-18(30)19(32)29-25/h15-18,31H,5-14H2,1-4H3,(H,28,35)(H,29,32)/t15?,16-,17+,18+,25-/m1/s1. The number of nitrogens with one attached hydrogen (secondary N) is 2. The molecule has 5 atom stereocenters. The van der Waals surface area contributed by atoms with Crippen molar-refractivity contribution in [1.29, 1.82) is 0 Å². The fraction of sp³-hybridized carbons (Fsp3) is 0.840. The topological polar surface area (TPSA) is 134 Å². The molecule has 210 valence electrons. The maximum Gasteiger partial charge on any atom is 0.408 e. The number of alkyl halides is 2. The summed E-state index contributed by atoms with van der Waals surface area (Å²) in [5.41, 5.74) is -2.40. The molecule has 3 amide bonds. The zero-order valence-corrected chi connectivity index (χ0v) is 22.0. The minimum absolute atomic E-state index is 0.0131. The summed E-state index contributed by atoms with van der Waals surface area (Å²) in [6, 6.07) is -2.21. The van der Waals surface area contributed by atoms with Crippen molar-refractivity contribution in [3.05, 3.63) is 0 Å². The van der Waals surface area contributed by atoms with Crippen LogP contribution in [0.1, 0.15) is 79.1 Å². The van der Waals surface area contributed by atoms with E-state index in [1.807, 2.05) is 0 Å². The Balaban J connectivity index is 1.88. The van der Waals surface area contributed by atoms with Gasteiger partial charge in [0, 0.05) is 31.7 Å². The van der Waals surface area contributed by atoms with E-state index in [1.165, 1.54) is 4.90 Å². The molecule has 3 N–H and O–H groups in total. The van der Waals surface area contributed by atoms with Crippen LogP contribution in [0.2, 0.25) is 0 Å². The summed E-state index contributed by atoms with van der Waals surface area (Å²) < 4.78 is 39.9. The van der Waals surface area contributed by atoms with E-state index in [1.54, 1.807) is 27.7 Å². The second kappa shape index (κ2) is 11.1. The molecular formula is C25H39F2N3O7. The van der Waals surface area contributed by atoms with Crippen LogP contribution < -0.4 is 10.6 Å². The van der Waals surface area contributed by atoms with Gasteiger partial charge in [-0.05, 0) is 47.0 Å². The van der Waals surface area contributed by atoms with Gasteiger partial charge in [0.05, 0.1) is 12.7 Å². The van der Waals surface area contributed by atoms with Crippen molar-refractivity contribution in [2.45, 2.75) is 114 Å². The molecule has 2 aliphatic heterocycles. The summed E-state index contributed by atoms with van der Waals surface area (Å²) in [5.74, 6) is -5.93. The van der Waals surface area contributed by atoms with Crippen LogP contribution in [0.15, 0.2) is 0 Å². The Morgan fingerprint density at radius 1 is 1.19 bits per heavy atom. The predicted molar refractivity (Wildman–Crippen MR) is 128 cm³/mol. The third-order valence-corrected chi connectivity index (χ3v) is 7.03. The Morgan fingerprint density at radius 3 is 2.54 bits per heavy atom. The molecule has 3 aliphatic rings. The molecule has 0 spiro atoms. The summed E-state index contributed by atoms with van der Waals surface area (Å²) in [7, 11) is 0. The van der Waals surface area contributed by atoms with Crippen molar-refractivity contribution >= 4 is 23.9 Å². The van der Waals surface area contributed by atoms with Gasteiger partial charge >= 0.3 is 12.1 Å². The number of aliphatic hydroxyl groups excluding tert-OH is 1. The highest BCUT2D eigenvalue weighted by atomic mass is 19.3. The number of rotatable bonds is 3. The van der Waals surface area contributed by atoms with E-state index in [0.717, 1.165) is 0 Å². The monoisotopic (exact) mass is 531 g/mol. The Hall–Kier alpha value is -2.50. The van der Waals surface area contributed by atoms with Crippen LogP contribution in [0.4, 0.5) is 13.6 Å². The lowest BCUT2D eigenvalue weighted by Gasteiger charge is -2.30. The minimum atomic E-state index is -3.04. The van der Waals surface area contributed by atoms with E-state index in [-0.39, 0.29) is 38.8 Å². The molecule has 0 aromatic carbocycles. The number of ether oxygens (including phenoxy) is 2. The zero-order valence-electron chi connectivity index (χ0n) is 22.0. The number of carbonyl (C=O) groups is 4. The lowest BCUT2D eigenvalue weighted by molar-refractivity contribution is -0.150. The number of alkyl carbamates (subject to hydrolysis) is 1. The Bertz CT molecular complexity index is 894. The van der Waals surface area contributed by atoms with Crippen LogP contribution in [0.3, 0.4) is 0 Å². The largest absolute Gasteiger partial charge is 0.464 e. The molecule has 10 nitrogen and oxygen atoms in total. The van der Waals surface area contributed by atoms with E-state index in [0.29, 0.717) is 12.8 Å². The first kappa shape index (κ1) is 29.1. The number of nitrogens with zero attached hydrogens (tertiary/aromatic N) is 1. The number of hydrogen-bond donors (Lipinski definition) is 3. The number of fused-ring (bicyclic) bond motifs is 2. The molecule has 3 fully saturated rings. The quantitative estimate of drug-likeness (QED) is 0.476. The highest BCUT2D eigenvalue weighted by molar-refractivity contribution is 5.96. The Kier molecular flexibility index (Phi) is 8.71. The molecule has 0 aromatic heterocycles. The fourth-order valence-corrected chi connectivity index (χ4v) is 5.18. The van der Waals surface area contributed by atoms with Gasteiger partial charge in [0.2, 0.25) is 17.7 Å². The van der Waals surface area contributed by atoms with Crippen molar-refractivity contribution in [1.82, 2.24) is 15.5 Å². The predicted octanol–water partition coefficient (Wildman–Crippen LogP) is 2.27. The summed E-state index contributed by atoms with van der Waals surface area (Å²) in [6.07, 6.45) is -1.73. The molecular weight excluding hydrogens is 492 g/mol. The van der Waals surface area contributed by atoms with Gasteiger partial charge in [0.25, 0.3) is 0 Å². The average Bonchev–Trinajstić information content (AvgIpc) is 3.28. The van der Waals surface area contributed by atoms with Crippen LogP contribution in [0, 0.1) is 5.92 Å². The van der Waals surface area contributed by atoms with Gasteiger partial charge in [-0.1, -0.05) is 12.8 Å². The van der Waals surface area contributed by atoms with E-state index in [9.17, 15) is 33.1 Å². The van der Waals surface area contributed by atoms with Crippen LogP contribution in [-0.4, -0.2) is 82.3 Å². The van der Waals surface area contributed by atoms with E-state index >= 15 is 0 Å². The first-order chi connectivity index (χ1) is 17.2. The van der Waals surface area contributed by atoms with Crippen molar-refractivity contribution < 1.29 is 42.5 Å². The van der Waals surface area contributed by atoms with E-state index in [4.69, 9.17) is 9.47 Å². The molecule has 37 heavy (non-hydrogen) atoms. The van der Waals surface area contributed by atoms with Gasteiger partial charge in [-0.2, -0.15) is 0 Å². The van der Waals surface area contributed by atoms with Crippen LogP contribution in [0.5, 0.6) is 0 Å². The molecule has 2 saturated heterocycles. The lowest BCUT2D eigenvalue weighted by Crippen LogP contribution is -2.57. The van der Waals surface area contributed by atoms with Gasteiger partial charge in [-0.3, -0.25) is 9.59 Å². The van der Waals surface area contributed by atoms with Gasteiger partial charge in [0.15, 0.2) is 0 Å². The number of aliphatic hydroxyl groups is 1. The number of carbonyl (C=O) groups excluding carboxylic acids is 4. The lowest BCUT2D eigenvalue weighted by atomic mass is 10.0. The summed E-state index contributed by atoms with van der Waals surface area (Å²) >= 11 is 0. The van der Waals surface area contributed by atoms with Gasteiger partial charge < -0.3 is 30.1 Å². The van der Waals surface area contributed by atoms with E-state index < -0.39 is 77.9 Å². The number of amides is 3. The smallest absolute Gasteiger partial charge is 0.408 e. The maximum atomic E-state index is 14.7. The van der Waals surface area contributed by atoms with Crippen molar-refractivity contribution in [3.8, 4) is 0 Å². The highest BCUT2D eigenvalue weighted by Gasteiger charge is 2.65. The second-order valence-corrected chi connectivity index (χ2v) is 11.3. The second-order valence-electron chi connectivity index (χ2n) is 11.3. The van der Waals surface area contributed by atoms with E-state index in [2.05, 4.69) is 10.6 Å². The number of esters is 1. The maximum absolute atomic E-state index is 14.7. The first-order valence-electron chi connectivity index (χ1n) is 13.0. The molecule has 0 radical (unpaired) electrons. The molecule has 0 bridgehead atoms. The van der Waals surface area contributed by atoms with Crippen molar-refractivity contribution in [3.63, 3.8) is 0 Å². The molecule has 3 rings (SSSR count). The summed E-state index contributed by atoms with van der Waals surface area (Å²) in [5, 5.41) is 15.4. The normalized spacial score (nSPS) is 32.7. The van der Waals surface area contributed by atoms with Crippen molar-refractivity contribution in [2.24, 2.45) is 5.92 Å². The Labute approximate surface area is 215 Å². The van der Waals surface area contributed by atoms with Gasteiger partial charge in [-0.15, -0.1) is 0 Å². The van der Waals surface area contributed by atoms with Gasteiger partial charge in [-0.25, -0.2) is 18.4 Å². The minimum Gasteiger partial charge on any atom is -0.464 e. The third kappa shape index (κ3) is 7.30. The fourth-order valence-electron chi connectivity index (χ4n) is 5.18. The van der Waals surface area contributed by atoms with Crippen LogP contribution in [-0.2, 0) is 23.9 Å². The summed E-state index contributed by atoms with van der Waals surface area (Å²) in [6.45, 7) is 6.48. The third-order valence-electron chi connectivity index (χ3n) is 7.03. The SMILES string of the molecule is CCOC(=O)[C@@]12CC1CC(F)(F)CCCCC[C@H](NC(=O)OC(C)(C)C)C(=O)N1C[C@H](O)C[C@H]1C(=O)N2. The molecule has 12 heteroatoms. The van der Waals surface area contributed by atoms with Crippen LogP contribution in [0.25, 0.3) is 0 Å². The Morgan fingerprint density at radius 2 is 1.89 bits per heavy atom. The first-order valence-corrected chi connectivity index (χ1v) is 13.0. The zero-order chi connectivity index (χ0) is 27.6. The average molecular weight is 532 g/mol. The van der Waals surface area contributed by atoms with Crippen LogP contribution >= 0.6 is 0 Å². The number of halogens is 2. The molecule has 2 heterocycles. The van der Waals surface area contributed by atoms with Gasteiger partial charge in [0.1, 0.15) is 23.2 Å². The highest BCUT2D eigenvalue weighted by Crippen LogP contribution is 2.51. The molecule has 1 saturated carbocycles. The molecule has 1 unspecified atom stereocenters. The molecule has 0 aromatic rings. The summed E-state index contributed by atoms with van der Waals surface area (Å²) in [4.78, 5) is 53.2. The molecule has 1 aliphatic carbocycles. The van der Waals surface area contributed by atoms with Crippen molar-refractivity contribution in [2.75, 3.05) is 13.2 Å². The number of hydrogen-bond acceptors (Lipinski definition) is 7.